The summed E-state index contributed by atoms with van der Waals surface area (Å²) in [5.41, 5.74) is 0. The Kier molecular flexibility index (Phi) is 3.92. The SMILES string of the molecule is FC(F)(F)C1CCC1.O=CO. The van der Waals surface area contributed by atoms with Gasteiger partial charge in [-0.2, -0.15) is 13.2 Å². The lowest BCUT2D eigenvalue weighted by Crippen LogP contribution is -2.28. The molecule has 0 atom stereocenters. The smallest absolute Gasteiger partial charge is 0.391 e. The zero-order valence-corrected chi connectivity index (χ0v) is 5.77. The summed E-state index contributed by atoms with van der Waals surface area (Å²) in [6.07, 6.45) is -2.45. The van der Waals surface area contributed by atoms with Gasteiger partial charge in [-0.1, -0.05) is 6.42 Å². The van der Waals surface area contributed by atoms with Gasteiger partial charge in [0, 0.05) is 0 Å². The van der Waals surface area contributed by atoms with Gasteiger partial charge in [0.05, 0.1) is 5.92 Å². The van der Waals surface area contributed by atoms with E-state index in [1.54, 1.807) is 0 Å². The molecule has 1 saturated carbocycles. The molecule has 1 N–H and O–H groups in total. The zero-order chi connectivity index (χ0) is 8.91. The van der Waals surface area contributed by atoms with Crippen LogP contribution in [0.25, 0.3) is 0 Å². The minimum atomic E-state index is -3.90. The van der Waals surface area contributed by atoms with Gasteiger partial charge >= 0.3 is 6.18 Å². The van der Waals surface area contributed by atoms with E-state index in [0.717, 1.165) is 6.42 Å². The molecule has 2 nitrogen and oxygen atoms in total. The third kappa shape index (κ3) is 3.85. The zero-order valence-electron chi connectivity index (χ0n) is 5.77. The molecule has 0 saturated heterocycles. The quantitative estimate of drug-likeness (QED) is 0.565. The summed E-state index contributed by atoms with van der Waals surface area (Å²) in [7, 11) is 0. The average Bonchev–Trinajstić information content (AvgIpc) is 1.54. The number of rotatable bonds is 0. The molecule has 0 aromatic carbocycles. The van der Waals surface area contributed by atoms with E-state index in [0.29, 0.717) is 12.8 Å². The van der Waals surface area contributed by atoms with Gasteiger partial charge in [0.25, 0.3) is 6.47 Å². The number of halogens is 3. The fourth-order valence-electron chi connectivity index (χ4n) is 0.736. The van der Waals surface area contributed by atoms with Crippen molar-refractivity contribution in [3.05, 3.63) is 0 Å². The Morgan fingerprint density at radius 2 is 1.73 bits per heavy atom. The molecule has 11 heavy (non-hydrogen) atoms. The molecule has 0 aliphatic heterocycles. The molecule has 0 aromatic rings. The molecule has 0 spiro atoms. The molecule has 1 fully saturated rings. The van der Waals surface area contributed by atoms with Crippen LogP contribution in [0.5, 0.6) is 0 Å². The van der Waals surface area contributed by atoms with Crippen LogP contribution in [0.2, 0.25) is 0 Å². The van der Waals surface area contributed by atoms with Gasteiger partial charge in [0.15, 0.2) is 0 Å². The molecule has 0 radical (unpaired) electrons. The van der Waals surface area contributed by atoms with E-state index >= 15 is 0 Å². The van der Waals surface area contributed by atoms with Crippen molar-refractivity contribution in [2.75, 3.05) is 0 Å². The molecular weight excluding hydrogens is 161 g/mol. The van der Waals surface area contributed by atoms with Gasteiger partial charge < -0.3 is 5.11 Å². The van der Waals surface area contributed by atoms with Crippen molar-refractivity contribution in [2.24, 2.45) is 5.92 Å². The molecule has 0 heterocycles. The third-order valence-electron chi connectivity index (χ3n) is 1.57. The van der Waals surface area contributed by atoms with Crippen LogP contribution in [-0.2, 0) is 4.79 Å². The van der Waals surface area contributed by atoms with Gasteiger partial charge in [-0.05, 0) is 12.8 Å². The standard InChI is InChI=1S/C5H7F3.CH2O2/c6-5(7,8)4-2-1-3-4;2-1-3/h4H,1-3H2;1H,(H,2,3). The first-order chi connectivity index (χ1) is 5.02. The van der Waals surface area contributed by atoms with E-state index < -0.39 is 12.1 Å². The van der Waals surface area contributed by atoms with Crippen LogP contribution in [0, 0.1) is 5.92 Å². The van der Waals surface area contributed by atoms with E-state index in [-0.39, 0.29) is 6.47 Å². The number of carboxylic acid groups (broad SMARTS) is 1. The lowest BCUT2D eigenvalue weighted by Gasteiger charge is -2.27. The van der Waals surface area contributed by atoms with Gasteiger partial charge in [-0.25, -0.2) is 0 Å². The first-order valence-corrected chi connectivity index (χ1v) is 3.17. The van der Waals surface area contributed by atoms with E-state index in [2.05, 4.69) is 0 Å². The highest BCUT2D eigenvalue weighted by Gasteiger charge is 2.42. The summed E-state index contributed by atoms with van der Waals surface area (Å²) in [6, 6.07) is 0. The molecule has 66 valence electrons. The molecule has 1 aliphatic carbocycles. The fourth-order valence-corrected chi connectivity index (χ4v) is 0.736. The van der Waals surface area contributed by atoms with Crippen molar-refractivity contribution in [1.82, 2.24) is 0 Å². The number of hydrogen-bond acceptors (Lipinski definition) is 1. The molecule has 0 bridgehead atoms. The second kappa shape index (κ2) is 4.20. The molecule has 0 unspecified atom stereocenters. The van der Waals surface area contributed by atoms with Crippen molar-refractivity contribution in [1.29, 1.82) is 0 Å². The molecule has 1 aliphatic rings. The third-order valence-corrected chi connectivity index (χ3v) is 1.57. The normalized spacial score (nSPS) is 17.7. The van der Waals surface area contributed by atoms with Crippen molar-refractivity contribution in [2.45, 2.75) is 25.4 Å². The maximum atomic E-state index is 11.5. The van der Waals surface area contributed by atoms with Crippen LogP contribution in [0.3, 0.4) is 0 Å². The van der Waals surface area contributed by atoms with Crippen LogP contribution in [0.15, 0.2) is 0 Å². The summed E-state index contributed by atoms with van der Waals surface area (Å²) in [5.74, 6) is -0.970. The number of alkyl halides is 3. The summed E-state index contributed by atoms with van der Waals surface area (Å²) >= 11 is 0. The Labute approximate surface area is 62.0 Å². The molecule has 1 rings (SSSR count). The Morgan fingerprint density at radius 1 is 1.36 bits per heavy atom. The minimum Gasteiger partial charge on any atom is -0.483 e. The predicted octanol–water partition coefficient (Wildman–Crippen LogP) is 2.05. The van der Waals surface area contributed by atoms with E-state index in [4.69, 9.17) is 9.90 Å². The maximum absolute atomic E-state index is 11.5. The Hall–Kier alpha value is -0.740. The van der Waals surface area contributed by atoms with Crippen LogP contribution < -0.4 is 0 Å². The topological polar surface area (TPSA) is 37.3 Å². The molecular formula is C6H9F3O2. The summed E-state index contributed by atoms with van der Waals surface area (Å²) in [4.78, 5) is 8.36. The molecule has 0 aromatic heterocycles. The van der Waals surface area contributed by atoms with Crippen LogP contribution in [0.4, 0.5) is 13.2 Å². The number of hydrogen-bond donors (Lipinski definition) is 1. The van der Waals surface area contributed by atoms with E-state index in [9.17, 15) is 13.2 Å². The summed E-state index contributed by atoms with van der Waals surface area (Å²) < 4.78 is 34.5. The van der Waals surface area contributed by atoms with E-state index in [1.807, 2.05) is 0 Å². The molecule has 5 heteroatoms. The Balaban J connectivity index is 0.000000292. The van der Waals surface area contributed by atoms with Crippen molar-refractivity contribution in [3.63, 3.8) is 0 Å². The highest BCUT2D eigenvalue weighted by molar-refractivity contribution is 5.32. The number of carbonyl (C=O) groups is 1. The Bertz CT molecular complexity index is 117. The second-order valence-electron chi connectivity index (χ2n) is 2.27. The van der Waals surface area contributed by atoms with Gasteiger partial charge in [-0.15, -0.1) is 0 Å². The van der Waals surface area contributed by atoms with Gasteiger partial charge in [0.2, 0.25) is 0 Å². The second-order valence-corrected chi connectivity index (χ2v) is 2.27. The first-order valence-electron chi connectivity index (χ1n) is 3.17. The highest BCUT2D eigenvalue weighted by Crippen LogP contribution is 2.40. The Morgan fingerprint density at radius 3 is 1.73 bits per heavy atom. The summed E-state index contributed by atoms with van der Waals surface area (Å²) in [5, 5.41) is 6.89. The average molecular weight is 170 g/mol. The lowest BCUT2D eigenvalue weighted by atomic mass is 9.85. The van der Waals surface area contributed by atoms with Crippen LogP contribution >= 0.6 is 0 Å². The first kappa shape index (κ1) is 10.3. The predicted molar refractivity (Wildman–Crippen MR) is 32.1 cm³/mol. The van der Waals surface area contributed by atoms with Gasteiger partial charge in [0.1, 0.15) is 0 Å². The summed E-state index contributed by atoms with van der Waals surface area (Å²) in [6.45, 7) is -0.250. The van der Waals surface area contributed by atoms with Crippen molar-refractivity contribution in [3.8, 4) is 0 Å². The largest absolute Gasteiger partial charge is 0.483 e. The van der Waals surface area contributed by atoms with Crippen LogP contribution in [-0.4, -0.2) is 17.8 Å². The van der Waals surface area contributed by atoms with E-state index in [1.165, 1.54) is 0 Å². The van der Waals surface area contributed by atoms with Crippen LogP contribution in [0.1, 0.15) is 19.3 Å². The van der Waals surface area contributed by atoms with Crippen molar-refractivity contribution >= 4 is 6.47 Å². The maximum Gasteiger partial charge on any atom is 0.391 e. The highest BCUT2D eigenvalue weighted by atomic mass is 19.4. The van der Waals surface area contributed by atoms with Gasteiger partial charge in [-0.3, -0.25) is 4.79 Å². The minimum absolute atomic E-state index is 0.250. The van der Waals surface area contributed by atoms with Crippen molar-refractivity contribution < 1.29 is 23.1 Å². The molecule has 0 amide bonds. The monoisotopic (exact) mass is 170 g/mol. The lowest BCUT2D eigenvalue weighted by molar-refractivity contribution is -0.193. The fraction of sp³-hybridized carbons (Fsp3) is 0.833.